The number of ether oxygens (including phenoxy) is 1. The van der Waals surface area contributed by atoms with Crippen molar-refractivity contribution in [2.45, 2.75) is 43.7 Å². The minimum atomic E-state index is -4.10. The monoisotopic (exact) mass is 320 g/mol. The smallest absolute Gasteiger partial charge is 0.391 e. The molecule has 1 aliphatic rings. The van der Waals surface area contributed by atoms with Crippen LogP contribution in [0, 0.1) is 11.8 Å². The van der Waals surface area contributed by atoms with Gasteiger partial charge in [-0.2, -0.15) is 13.2 Å². The summed E-state index contributed by atoms with van der Waals surface area (Å²) < 4.78 is 43.9. The molecule has 0 radical (unpaired) electrons. The van der Waals surface area contributed by atoms with Crippen molar-refractivity contribution in [3.05, 3.63) is 29.8 Å². The molecule has 0 saturated heterocycles. The quantitative estimate of drug-likeness (QED) is 0.692. The average Bonchev–Trinajstić information content (AvgIpc) is 2.47. The molecule has 1 aromatic rings. The third-order valence-corrected chi connectivity index (χ3v) is 4.81. The van der Waals surface area contributed by atoms with Gasteiger partial charge in [-0.05, 0) is 43.2 Å². The molecule has 1 saturated carbocycles. The van der Waals surface area contributed by atoms with Crippen molar-refractivity contribution in [3.63, 3.8) is 0 Å². The maximum absolute atomic E-state index is 12.9. The van der Waals surface area contributed by atoms with Crippen molar-refractivity contribution in [3.8, 4) is 5.75 Å². The third kappa shape index (κ3) is 4.29. The fraction of sp³-hybridized carbons (Fsp3) is 0.625. The SMILES string of the molecule is COc1ccccc1CC(Cl)C1CCCC(C(F)(F)F)C1. The lowest BCUT2D eigenvalue weighted by atomic mass is 9.78. The minimum absolute atomic E-state index is 0.0862. The predicted octanol–water partition coefficient (Wildman–Crippen LogP) is 5.21. The molecule has 0 aromatic heterocycles. The summed E-state index contributed by atoms with van der Waals surface area (Å²) in [6, 6.07) is 7.52. The van der Waals surface area contributed by atoms with Gasteiger partial charge in [-0.3, -0.25) is 0 Å². The Morgan fingerprint density at radius 2 is 2.00 bits per heavy atom. The van der Waals surface area contributed by atoms with Crippen molar-refractivity contribution in [1.82, 2.24) is 0 Å². The number of halogens is 4. The first-order valence-corrected chi connectivity index (χ1v) is 7.68. The highest BCUT2D eigenvalue weighted by molar-refractivity contribution is 6.21. The van der Waals surface area contributed by atoms with Gasteiger partial charge in [0.05, 0.1) is 13.0 Å². The van der Waals surface area contributed by atoms with E-state index in [9.17, 15) is 13.2 Å². The van der Waals surface area contributed by atoms with Crippen LogP contribution >= 0.6 is 11.6 Å². The molecule has 0 aliphatic heterocycles. The summed E-state index contributed by atoms with van der Waals surface area (Å²) in [6.07, 6.45) is -1.80. The molecule has 2 rings (SSSR count). The minimum Gasteiger partial charge on any atom is -0.496 e. The second-order valence-electron chi connectivity index (χ2n) is 5.70. The summed E-state index contributed by atoms with van der Waals surface area (Å²) in [7, 11) is 1.59. The highest BCUT2D eigenvalue weighted by Gasteiger charge is 2.43. The van der Waals surface area contributed by atoms with Crippen LogP contribution in [0.1, 0.15) is 31.2 Å². The summed E-state index contributed by atoms with van der Waals surface area (Å²) in [6.45, 7) is 0. The van der Waals surface area contributed by atoms with Gasteiger partial charge in [-0.15, -0.1) is 11.6 Å². The number of rotatable bonds is 4. The van der Waals surface area contributed by atoms with Gasteiger partial charge in [0.15, 0.2) is 0 Å². The Balaban J connectivity index is 2.01. The van der Waals surface area contributed by atoms with E-state index in [4.69, 9.17) is 16.3 Å². The van der Waals surface area contributed by atoms with E-state index in [1.54, 1.807) is 7.11 Å². The molecular weight excluding hydrogens is 301 g/mol. The molecule has 5 heteroatoms. The van der Waals surface area contributed by atoms with Crippen LogP contribution in [0.3, 0.4) is 0 Å². The number of hydrogen-bond donors (Lipinski definition) is 0. The van der Waals surface area contributed by atoms with Crippen LogP contribution in [-0.4, -0.2) is 18.7 Å². The van der Waals surface area contributed by atoms with Crippen LogP contribution in [0.2, 0.25) is 0 Å². The van der Waals surface area contributed by atoms with E-state index >= 15 is 0 Å². The zero-order valence-corrected chi connectivity index (χ0v) is 12.8. The lowest BCUT2D eigenvalue weighted by Gasteiger charge is -2.33. The number of methoxy groups -OCH3 is 1. The molecule has 0 heterocycles. The topological polar surface area (TPSA) is 9.23 Å². The highest BCUT2D eigenvalue weighted by atomic mass is 35.5. The second kappa shape index (κ2) is 6.91. The van der Waals surface area contributed by atoms with E-state index in [-0.39, 0.29) is 24.1 Å². The summed E-state index contributed by atoms with van der Waals surface area (Å²) in [5, 5.41) is -0.286. The predicted molar refractivity (Wildman–Crippen MR) is 77.8 cm³/mol. The van der Waals surface area contributed by atoms with Gasteiger partial charge in [0.1, 0.15) is 5.75 Å². The fourth-order valence-electron chi connectivity index (χ4n) is 3.10. The molecule has 1 aromatic carbocycles. The van der Waals surface area contributed by atoms with Crippen LogP contribution in [0.4, 0.5) is 13.2 Å². The Labute approximate surface area is 128 Å². The normalized spacial score (nSPS) is 24.6. The number of benzene rings is 1. The first-order valence-electron chi connectivity index (χ1n) is 7.24. The van der Waals surface area contributed by atoms with Crippen molar-refractivity contribution in [1.29, 1.82) is 0 Å². The Morgan fingerprint density at radius 3 is 2.67 bits per heavy atom. The maximum atomic E-state index is 12.9. The average molecular weight is 321 g/mol. The molecular formula is C16H20ClF3O. The van der Waals surface area contributed by atoms with Crippen molar-refractivity contribution in [2.24, 2.45) is 11.8 Å². The lowest BCUT2D eigenvalue weighted by Crippen LogP contribution is -2.32. The van der Waals surface area contributed by atoms with Crippen LogP contribution in [0.25, 0.3) is 0 Å². The summed E-state index contributed by atoms with van der Waals surface area (Å²) >= 11 is 6.42. The van der Waals surface area contributed by atoms with Crippen molar-refractivity contribution in [2.75, 3.05) is 7.11 Å². The molecule has 0 spiro atoms. The van der Waals surface area contributed by atoms with Gasteiger partial charge in [0.25, 0.3) is 0 Å². The highest BCUT2D eigenvalue weighted by Crippen LogP contribution is 2.42. The summed E-state index contributed by atoms with van der Waals surface area (Å²) in [5.41, 5.74) is 0.953. The zero-order valence-electron chi connectivity index (χ0n) is 12.0. The van der Waals surface area contributed by atoms with Gasteiger partial charge in [0.2, 0.25) is 0 Å². The Bertz CT molecular complexity index is 461. The van der Waals surface area contributed by atoms with E-state index in [1.165, 1.54) is 0 Å². The van der Waals surface area contributed by atoms with Gasteiger partial charge >= 0.3 is 6.18 Å². The number of para-hydroxylation sites is 1. The molecule has 0 bridgehead atoms. The second-order valence-corrected chi connectivity index (χ2v) is 6.26. The molecule has 3 atom stereocenters. The Kier molecular flexibility index (Phi) is 5.42. The van der Waals surface area contributed by atoms with Crippen molar-refractivity contribution < 1.29 is 17.9 Å². The van der Waals surface area contributed by atoms with Gasteiger partial charge < -0.3 is 4.74 Å². The van der Waals surface area contributed by atoms with Crippen LogP contribution < -0.4 is 4.74 Å². The van der Waals surface area contributed by atoms with E-state index in [0.717, 1.165) is 17.7 Å². The van der Waals surface area contributed by atoms with Crippen molar-refractivity contribution >= 4 is 11.6 Å². The van der Waals surface area contributed by atoms with Gasteiger partial charge in [-0.25, -0.2) is 0 Å². The molecule has 1 fully saturated rings. The molecule has 0 N–H and O–H groups in total. The lowest BCUT2D eigenvalue weighted by molar-refractivity contribution is -0.185. The van der Waals surface area contributed by atoms with Gasteiger partial charge in [0, 0.05) is 5.38 Å². The van der Waals surface area contributed by atoms with E-state index in [0.29, 0.717) is 12.8 Å². The molecule has 0 amide bonds. The Hall–Kier alpha value is -0.900. The number of alkyl halides is 4. The molecule has 21 heavy (non-hydrogen) atoms. The van der Waals surface area contributed by atoms with Gasteiger partial charge in [-0.1, -0.05) is 24.6 Å². The largest absolute Gasteiger partial charge is 0.496 e. The molecule has 1 aliphatic carbocycles. The van der Waals surface area contributed by atoms with E-state index in [1.807, 2.05) is 24.3 Å². The van der Waals surface area contributed by atoms with Crippen LogP contribution in [0.5, 0.6) is 5.75 Å². The Morgan fingerprint density at radius 1 is 1.29 bits per heavy atom. The fourth-order valence-corrected chi connectivity index (χ4v) is 3.50. The zero-order chi connectivity index (χ0) is 15.5. The first-order chi connectivity index (χ1) is 9.91. The molecule has 118 valence electrons. The first kappa shape index (κ1) is 16.5. The maximum Gasteiger partial charge on any atom is 0.391 e. The van der Waals surface area contributed by atoms with Crippen LogP contribution in [0.15, 0.2) is 24.3 Å². The van der Waals surface area contributed by atoms with E-state index in [2.05, 4.69) is 0 Å². The molecule has 1 nitrogen and oxygen atoms in total. The summed E-state index contributed by atoms with van der Waals surface area (Å²) in [5.74, 6) is -0.543. The summed E-state index contributed by atoms with van der Waals surface area (Å²) in [4.78, 5) is 0. The van der Waals surface area contributed by atoms with Crippen LogP contribution in [-0.2, 0) is 6.42 Å². The third-order valence-electron chi connectivity index (χ3n) is 4.30. The molecule has 3 unspecified atom stereocenters. The number of hydrogen-bond acceptors (Lipinski definition) is 1. The standard InChI is InChI=1S/C16H20ClF3O/c1-21-15-8-3-2-5-12(15)10-14(17)11-6-4-7-13(9-11)16(18,19)20/h2-3,5,8,11,13-14H,4,6-7,9-10H2,1H3. The van der Waals surface area contributed by atoms with E-state index < -0.39 is 12.1 Å².